The van der Waals surface area contributed by atoms with Crippen LogP contribution in [0, 0.1) is 5.92 Å². The van der Waals surface area contributed by atoms with Crippen molar-refractivity contribution in [3.8, 4) is 0 Å². The number of hydrogen-bond donors (Lipinski definition) is 2. The van der Waals surface area contributed by atoms with Gasteiger partial charge in [-0.3, -0.25) is 0 Å². The molecule has 2 rings (SSSR count). The second-order valence-electron chi connectivity index (χ2n) is 5.26. The summed E-state index contributed by atoms with van der Waals surface area (Å²) in [4.78, 5) is 11.6. The van der Waals surface area contributed by atoms with E-state index in [9.17, 15) is 15.0 Å². The number of fused-ring (bicyclic) bond motifs is 1. The Kier molecular flexibility index (Phi) is 4.22. The summed E-state index contributed by atoms with van der Waals surface area (Å²) in [6.45, 7) is 5.63. The molecule has 0 radical (unpaired) electrons. The summed E-state index contributed by atoms with van der Waals surface area (Å²) in [5.74, 6) is -0.851. The summed E-state index contributed by atoms with van der Waals surface area (Å²) < 4.78 is 5.29. The number of carbonyl (C=O) groups excluding carboxylic acids is 1. The average Bonchev–Trinajstić information content (AvgIpc) is 2.63. The molecule has 1 fully saturated rings. The highest BCUT2D eigenvalue weighted by molar-refractivity contribution is 5.91. The zero-order valence-corrected chi connectivity index (χ0v) is 11.1. The average molecular weight is 264 g/mol. The van der Waals surface area contributed by atoms with E-state index in [1.165, 1.54) is 0 Å². The van der Waals surface area contributed by atoms with E-state index in [4.69, 9.17) is 4.74 Å². The largest absolute Gasteiger partial charge is 0.458 e. The van der Waals surface area contributed by atoms with Crippen LogP contribution in [0.25, 0.3) is 0 Å². The van der Waals surface area contributed by atoms with Gasteiger partial charge in [0.1, 0.15) is 6.10 Å². The molecule has 3 atom stereocenters. The first-order chi connectivity index (χ1) is 9.02. The molecule has 0 aromatic carbocycles. The Morgan fingerprint density at radius 1 is 1.53 bits per heavy atom. The van der Waals surface area contributed by atoms with Crippen LogP contribution in [0.3, 0.4) is 0 Å². The van der Waals surface area contributed by atoms with Crippen LogP contribution in [0.15, 0.2) is 35.5 Å². The third-order valence-electron chi connectivity index (χ3n) is 3.78. The Morgan fingerprint density at radius 3 is 2.95 bits per heavy atom. The van der Waals surface area contributed by atoms with Gasteiger partial charge < -0.3 is 14.9 Å². The molecule has 2 N–H and O–H groups in total. The van der Waals surface area contributed by atoms with Crippen molar-refractivity contribution < 1.29 is 19.7 Å². The second kappa shape index (κ2) is 5.72. The van der Waals surface area contributed by atoms with Gasteiger partial charge in [-0.05, 0) is 25.3 Å². The molecule has 0 aromatic heterocycles. The highest BCUT2D eigenvalue weighted by Crippen LogP contribution is 2.34. The Balaban J connectivity index is 2.33. The van der Waals surface area contributed by atoms with Gasteiger partial charge in [-0.1, -0.05) is 24.3 Å². The quantitative estimate of drug-likeness (QED) is 0.428. The van der Waals surface area contributed by atoms with Gasteiger partial charge in [0.15, 0.2) is 0 Å². The van der Waals surface area contributed by atoms with Crippen LogP contribution < -0.4 is 0 Å². The smallest absolute Gasteiger partial charge is 0.334 e. The lowest BCUT2D eigenvalue weighted by molar-refractivity contribution is -0.139. The minimum Gasteiger partial charge on any atom is -0.458 e. The van der Waals surface area contributed by atoms with Crippen LogP contribution in [0.1, 0.15) is 26.2 Å². The lowest BCUT2D eigenvalue weighted by Crippen LogP contribution is -2.29. The van der Waals surface area contributed by atoms with Gasteiger partial charge in [0.2, 0.25) is 0 Å². The molecular weight excluding hydrogens is 244 g/mol. The molecule has 1 saturated heterocycles. The molecule has 0 aromatic rings. The van der Waals surface area contributed by atoms with Crippen LogP contribution in [0.5, 0.6) is 0 Å². The van der Waals surface area contributed by atoms with Gasteiger partial charge in [0.05, 0.1) is 18.6 Å². The van der Waals surface area contributed by atoms with Crippen LogP contribution in [0.4, 0.5) is 0 Å². The van der Waals surface area contributed by atoms with Crippen molar-refractivity contribution >= 4 is 5.97 Å². The molecule has 0 spiro atoms. The van der Waals surface area contributed by atoms with Crippen molar-refractivity contribution in [2.75, 3.05) is 6.61 Å². The molecule has 0 bridgehead atoms. The minimum absolute atomic E-state index is 0.0807. The van der Waals surface area contributed by atoms with Gasteiger partial charge in [-0.25, -0.2) is 4.79 Å². The third-order valence-corrected chi connectivity index (χ3v) is 3.78. The van der Waals surface area contributed by atoms with Gasteiger partial charge >= 0.3 is 5.97 Å². The number of aliphatic hydroxyl groups excluding tert-OH is 2. The first-order valence-electron chi connectivity index (χ1n) is 6.57. The van der Waals surface area contributed by atoms with Crippen molar-refractivity contribution in [2.45, 2.75) is 38.4 Å². The van der Waals surface area contributed by atoms with E-state index in [0.717, 1.165) is 17.6 Å². The van der Waals surface area contributed by atoms with Crippen molar-refractivity contribution in [1.82, 2.24) is 0 Å². The van der Waals surface area contributed by atoms with E-state index in [0.29, 0.717) is 18.4 Å². The van der Waals surface area contributed by atoms with Gasteiger partial charge in [-0.2, -0.15) is 0 Å². The van der Waals surface area contributed by atoms with Crippen LogP contribution in [-0.2, 0) is 9.53 Å². The monoisotopic (exact) mass is 264 g/mol. The highest BCUT2D eigenvalue weighted by atomic mass is 16.6. The fraction of sp³-hybridized carbons (Fsp3) is 0.533. The Labute approximate surface area is 113 Å². The van der Waals surface area contributed by atoms with Crippen LogP contribution >= 0.6 is 0 Å². The number of carbonyl (C=O) groups is 1. The van der Waals surface area contributed by atoms with E-state index in [2.05, 4.69) is 12.7 Å². The zero-order chi connectivity index (χ0) is 14.0. The molecule has 1 aliphatic heterocycles. The molecule has 104 valence electrons. The Morgan fingerprint density at radius 2 is 2.26 bits per heavy atom. The van der Waals surface area contributed by atoms with Crippen molar-refractivity contribution in [3.63, 3.8) is 0 Å². The molecule has 19 heavy (non-hydrogen) atoms. The number of rotatable bonds is 1. The molecule has 4 nitrogen and oxygen atoms in total. The normalized spacial score (nSPS) is 37.7. The molecule has 0 amide bonds. The summed E-state index contributed by atoms with van der Waals surface area (Å²) in [5.41, 5.74) is 2.23. The van der Waals surface area contributed by atoms with Gasteiger partial charge in [0.25, 0.3) is 0 Å². The summed E-state index contributed by atoms with van der Waals surface area (Å²) >= 11 is 0. The zero-order valence-electron chi connectivity index (χ0n) is 11.1. The minimum atomic E-state index is -0.836. The highest BCUT2D eigenvalue weighted by Gasteiger charge is 2.42. The van der Waals surface area contributed by atoms with Crippen molar-refractivity contribution in [3.05, 3.63) is 35.5 Å². The van der Waals surface area contributed by atoms with E-state index in [1.807, 2.05) is 6.92 Å². The lowest BCUT2D eigenvalue weighted by atomic mass is 9.86. The lowest BCUT2D eigenvalue weighted by Gasteiger charge is -2.23. The van der Waals surface area contributed by atoms with Gasteiger partial charge in [0, 0.05) is 12.0 Å². The summed E-state index contributed by atoms with van der Waals surface area (Å²) in [5, 5.41) is 19.6. The van der Waals surface area contributed by atoms with E-state index >= 15 is 0 Å². The number of ether oxygens (including phenoxy) is 1. The summed E-state index contributed by atoms with van der Waals surface area (Å²) in [7, 11) is 0. The first kappa shape index (κ1) is 14.0. The summed E-state index contributed by atoms with van der Waals surface area (Å²) in [6.07, 6.45) is 4.68. The standard InChI is InChI=1S/C15H20O4/c1-9-4-3-5-11(8-16)7-12(17)14-10(2)15(18)19-13(14)6-9/h4,7,12-14,16-17H,2-3,5-6,8H2,1H3/b9-4-,11-7+/t12-,13-,14-/m0/s1. The molecule has 4 heteroatoms. The number of hydrogen-bond acceptors (Lipinski definition) is 4. The van der Waals surface area contributed by atoms with E-state index in [1.54, 1.807) is 6.08 Å². The SMILES string of the molecule is C=C1C(=O)O[C@H]2C/C(C)=C\CC/C(CO)=C\[C@H](O)[C@H]12. The Bertz CT molecular complexity index is 447. The molecule has 2 aliphatic rings. The van der Waals surface area contributed by atoms with E-state index < -0.39 is 18.0 Å². The van der Waals surface area contributed by atoms with Crippen molar-refractivity contribution in [2.24, 2.45) is 5.92 Å². The van der Waals surface area contributed by atoms with Crippen molar-refractivity contribution in [1.29, 1.82) is 0 Å². The van der Waals surface area contributed by atoms with E-state index in [-0.39, 0.29) is 12.7 Å². The maximum atomic E-state index is 11.6. The maximum absolute atomic E-state index is 11.6. The predicted octanol–water partition coefficient (Wildman–Crippen LogP) is 1.49. The number of esters is 1. The molecular formula is C15H20O4. The Hall–Kier alpha value is -1.39. The summed E-state index contributed by atoms with van der Waals surface area (Å²) in [6, 6.07) is 0. The van der Waals surface area contributed by atoms with Gasteiger partial charge in [-0.15, -0.1) is 0 Å². The molecule has 1 aliphatic carbocycles. The maximum Gasteiger partial charge on any atom is 0.334 e. The topological polar surface area (TPSA) is 66.8 Å². The molecule has 0 saturated carbocycles. The van der Waals surface area contributed by atoms with Crippen LogP contribution in [-0.4, -0.2) is 35.0 Å². The number of allylic oxidation sites excluding steroid dienone is 1. The first-order valence-corrected chi connectivity index (χ1v) is 6.57. The van der Waals surface area contributed by atoms with Crippen LogP contribution in [0.2, 0.25) is 0 Å². The fourth-order valence-electron chi connectivity index (χ4n) is 2.71. The molecule has 0 unspecified atom stereocenters. The number of aliphatic hydroxyl groups is 2. The second-order valence-corrected chi connectivity index (χ2v) is 5.26. The fourth-order valence-corrected chi connectivity index (χ4v) is 2.71. The third kappa shape index (κ3) is 2.96. The molecule has 1 heterocycles. The predicted molar refractivity (Wildman–Crippen MR) is 71.3 cm³/mol.